The van der Waals surface area contributed by atoms with Crippen molar-refractivity contribution in [2.45, 2.75) is 44.9 Å². The highest BCUT2D eigenvalue weighted by atomic mass is 127. The molecule has 0 heterocycles. The number of hydrogen-bond donors (Lipinski definition) is 0. The molecule has 0 spiro atoms. The molecule has 0 aliphatic heterocycles. The second-order valence-electron chi connectivity index (χ2n) is 3.14. The molecule has 0 unspecified atom stereocenters. The predicted molar refractivity (Wildman–Crippen MR) is 63.2 cm³/mol. The van der Waals surface area contributed by atoms with Crippen LogP contribution in [0.2, 0.25) is 0 Å². The molecule has 0 amide bonds. The lowest BCUT2D eigenvalue weighted by Crippen LogP contribution is -1.99. The molecule has 0 radical (unpaired) electrons. The van der Waals surface area contributed by atoms with Crippen LogP contribution in [0.5, 0.6) is 0 Å². The van der Waals surface area contributed by atoms with Gasteiger partial charge in [0, 0.05) is 6.42 Å². The number of hydrogen-bond acceptors (Lipinski definition) is 2. The lowest BCUT2D eigenvalue weighted by Gasteiger charge is -2.00. The third-order valence-electron chi connectivity index (χ3n) is 1.99. The van der Waals surface area contributed by atoms with E-state index < -0.39 is 0 Å². The molecule has 0 aromatic heterocycles. The number of alkyl halides is 1. The van der Waals surface area contributed by atoms with Gasteiger partial charge in [0.05, 0.1) is 7.11 Å². The van der Waals surface area contributed by atoms with Crippen LogP contribution in [0.1, 0.15) is 44.9 Å². The first kappa shape index (κ1) is 13.2. The Bertz CT molecular complexity index is 126. The maximum Gasteiger partial charge on any atom is 0.305 e. The molecule has 0 aromatic carbocycles. The number of unbranched alkanes of at least 4 members (excludes halogenated alkanes) is 5. The minimum atomic E-state index is -0.0766. The van der Waals surface area contributed by atoms with Crippen LogP contribution in [-0.2, 0) is 9.53 Å². The standard InChI is InChI=1S/C10H19IO2/c1-13-10(12)8-6-4-2-3-5-7-9-11/h2-9H2,1H3. The van der Waals surface area contributed by atoms with Crippen LogP contribution in [0.3, 0.4) is 0 Å². The summed E-state index contributed by atoms with van der Waals surface area (Å²) in [6.45, 7) is 0. The van der Waals surface area contributed by atoms with Crippen LogP contribution in [0.15, 0.2) is 0 Å². The second-order valence-corrected chi connectivity index (χ2v) is 4.22. The normalized spacial score (nSPS) is 10.0. The van der Waals surface area contributed by atoms with Crippen molar-refractivity contribution in [3.8, 4) is 0 Å². The number of esters is 1. The van der Waals surface area contributed by atoms with E-state index in [2.05, 4.69) is 27.3 Å². The molecule has 3 heteroatoms. The molecule has 0 saturated carbocycles. The first-order chi connectivity index (χ1) is 6.31. The highest BCUT2D eigenvalue weighted by Gasteiger charge is 1.98. The summed E-state index contributed by atoms with van der Waals surface area (Å²) in [5, 5.41) is 0. The monoisotopic (exact) mass is 298 g/mol. The van der Waals surface area contributed by atoms with Crippen molar-refractivity contribution < 1.29 is 9.53 Å². The molecule has 0 saturated heterocycles. The molecular formula is C10H19IO2. The second kappa shape index (κ2) is 10.3. The van der Waals surface area contributed by atoms with Gasteiger partial charge in [0.25, 0.3) is 0 Å². The molecular weight excluding hydrogens is 279 g/mol. The number of rotatable bonds is 8. The quantitative estimate of drug-likeness (QED) is 0.297. The van der Waals surface area contributed by atoms with Crippen molar-refractivity contribution in [2.75, 3.05) is 11.5 Å². The number of carbonyl (C=O) groups excluding carboxylic acids is 1. The van der Waals surface area contributed by atoms with Crippen molar-refractivity contribution in [1.29, 1.82) is 0 Å². The van der Waals surface area contributed by atoms with Gasteiger partial charge in [-0.1, -0.05) is 48.3 Å². The van der Waals surface area contributed by atoms with E-state index in [1.54, 1.807) is 0 Å². The van der Waals surface area contributed by atoms with Gasteiger partial charge in [-0.05, 0) is 17.3 Å². The molecule has 0 fully saturated rings. The maximum atomic E-state index is 10.7. The zero-order valence-corrected chi connectivity index (χ0v) is 10.5. The Balaban J connectivity index is 2.95. The van der Waals surface area contributed by atoms with Gasteiger partial charge in [-0.15, -0.1) is 0 Å². The van der Waals surface area contributed by atoms with Crippen LogP contribution >= 0.6 is 22.6 Å². The predicted octanol–water partition coefficient (Wildman–Crippen LogP) is 3.33. The summed E-state index contributed by atoms with van der Waals surface area (Å²) in [7, 11) is 1.45. The minimum absolute atomic E-state index is 0.0766. The summed E-state index contributed by atoms with van der Waals surface area (Å²) >= 11 is 2.41. The zero-order chi connectivity index (χ0) is 9.94. The summed E-state index contributed by atoms with van der Waals surface area (Å²) in [5.74, 6) is -0.0766. The lowest BCUT2D eigenvalue weighted by molar-refractivity contribution is -0.140. The van der Waals surface area contributed by atoms with Crippen LogP contribution in [0.4, 0.5) is 0 Å². The van der Waals surface area contributed by atoms with Crippen molar-refractivity contribution in [3.63, 3.8) is 0 Å². The van der Waals surface area contributed by atoms with E-state index >= 15 is 0 Å². The van der Waals surface area contributed by atoms with Gasteiger partial charge >= 0.3 is 5.97 Å². The smallest absolute Gasteiger partial charge is 0.305 e. The third-order valence-corrected chi connectivity index (χ3v) is 2.75. The van der Waals surface area contributed by atoms with Gasteiger partial charge in [0.2, 0.25) is 0 Å². The molecule has 0 aliphatic rings. The summed E-state index contributed by atoms with van der Waals surface area (Å²) in [5.41, 5.74) is 0. The molecule has 13 heavy (non-hydrogen) atoms. The van der Waals surface area contributed by atoms with Crippen LogP contribution in [0, 0.1) is 0 Å². The Morgan fingerprint density at radius 2 is 1.62 bits per heavy atom. The summed E-state index contributed by atoms with van der Waals surface area (Å²) in [6.07, 6.45) is 7.96. The fourth-order valence-electron chi connectivity index (χ4n) is 1.17. The lowest BCUT2D eigenvalue weighted by atomic mass is 10.1. The Morgan fingerprint density at radius 3 is 2.15 bits per heavy atom. The first-order valence-electron chi connectivity index (χ1n) is 4.94. The van der Waals surface area contributed by atoms with Crippen molar-refractivity contribution in [3.05, 3.63) is 0 Å². The highest BCUT2D eigenvalue weighted by Crippen LogP contribution is 2.08. The molecule has 0 atom stereocenters. The van der Waals surface area contributed by atoms with E-state index in [1.165, 1.54) is 37.2 Å². The average Bonchev–Trinajstić information content (AvgIpc) is 2.16. The van der Waals surface area contributed by atoms with Crippen LogP contribution < -0.4 is 0 Å². The number of halogens is 1. The van der Waals surface area contributed by atoms with E-state index in [4.69, 9.17) is 0 Å². The van der Waals surface area contributed by atoms with Gasteiger partial charge in [-0.3, -0.25) is 4.79 Å². The largest absolute Gasteiger partial charge is 0.469 e. The summed E-state index contributed by atoms with van der Waals surface area (Å²) < 4.78 is 5.82. The highest BCUT2D eigenvalue weighted by molar-refractivity contribution is 14.1. The van der Waals surface area contributed by atoms with Crippen LogP contribution in [0.25, 0.3) is 0 Å². The molecule has 0 rings (SSSR count). The summed E-state index contributed by atoms with van der Waals surface area (Å²) in [4.78, 5) is 10.7. The number of carbonyl (C=O) groups is 1. The van der Waals surface area contributed by atoms with Crippen molar-refractivity contribution >= 4 is 28.6 Å². The van der Waals surface area contributed by atoms with Gasteiger partial charge in [0.15, 0.2) is 0 Å². The fraction of sp³-hybridized carbons (Fsp3) is 0.900. The van der Waals surface area contributed by atoms with Crippen molar-refractivity contribution in [2.24, 2.45) is 0 Å². The molecule has 0 N–H and O–H groups in total. The molecule has 0 aliphatic carbocycles. The Labute approximate surface area is 94.6 Å². The fourth-order valence-corrected chi connectivity index (χ4v) is 1.71. The van der Waals surface area contributed by atoms with E-state index in [1.807, 2.05) is 0 Å². The molecule has 2 nitrogen and oxygen atoms in total. The van der Waals surface area contributed by atoms with Gasteiger partial charge in [-0.2, -0.15) is 0 Å². The van der Waals surface area contributed by atoms with Gasteiger partial charge < -0.3 is 4.74 Å². The summed E-state index contributed by atoms with van der Waals surface area (Å²) in [6, 6.07) is 0. The average molecular weight is 298 g/mol. The molecule has 78 valence electrons. The third kappa shape index (κ3) is 10.1. The number of methoxy groups -OCH3 is 1. The SMILES string of the molecule is COC(=O)CCCCCCCCI. The first-order valence-corrected chi connectivity index (χ1v) is 6.46. The van der Waals surface area contributed by atoms with Gasteiger partial charge in [0.1, 0.15) is 0 Å². The van der Waals surface area contributed by atoms with Gasteiger partial charge in [-0.25, -0.2) is 0 Å². The minimum Gasteiger partial charge on any atom is -0.469 e. The maximum absolute atomic E-state index is 10.7. The molecule has 0 aromatic rings. The van der Waals surface area contributed by atoms with E-state index in [-0.39, 0.29) is 5.97 Å². The van der Waals surface area contributed by atoms with Crippen molar-refractivity contribution in [1.82, 2.24) is 0 Å². The zero-order valence-electron chi connectivity index (χ0n) is 8.35. The Kier molecular flexibility index (Phi) is 10.4. The Hall–Kier alpha value is 0.200. The number of ether oxygens (including phenoxy) is 1. The molecule has 0 bridgehead atoms. The van der Waals surface area contributed by atoms with Crippen LogP contribution in [-0.4, -0.2) is 17.5 Å². The Morgan fingerprint density at radius 1 is 1.08 bits per heavy atom. The topological polar surface area (TPSA) is 26.3 Å². The van der Waals surface area contributed by atoms with E-state index in [0.29, 0.717) is 6.42 Å². The van der Waals surface area contributed by atoms with E-state index in [0.717, 1.165) is 12.8 Å². The van der Waals surface area contributed by atoms with E-state index in [9.17, 15) is 4.79 Å².